The van der Waals surface area contributed by atoms with Crippen molar-refractivity contribution in [2.45, 2.75) is 38.5 Å². The molecule has 4 heterocycles. The number of hydrogen-bond acceptors (Lipinski definition) is 8. The number of nitrogens with one attached hydrogen (secondary N) is 3. The van der Waals surface area contributed by atoms with Crippen molar-refractivity contribution in [1.82, 2.24) is 25.7 Å². The van der Waals surface area contributed by atoms with Gasteiger partial charge in [-0.25, -0.2) is 5.10 Å². The standard InChI is InChI=1S/C35H35N5O7/c1-21-6-8-24-16-27(21)23-4-3-5-26(15-23)46-20-33(42)36-17-22-7-11-29(30(14-22)45-2)47-31-19-40(18-28(31)37-35(24)44)34(43)13-10-25-9-12-32(41)39-38-25/h3-9,11-12,14-16,28,31H,10,13,17-20H2,1-2H3,(H,36,42)(H,37,44)(H,39,41)/t28-,31-/m0/s1. The Balaban J connectivity index is 1.30. The predicted octanol–water partition coefficient (Wildman–Crippen LogP) is 2.78. The molecule has 0 radical (unpaired) electrons. The number of methoxy groups -OCH3 is 1. The molecule has 2 atom stereocenters. The lowest BCUT2D eigenvalue weighted by Gasteiger charge is -2.23. The zero-order valence-corrected chi connectivity index (χ0v) is 26.1. The van der Waals surface area contributed by atoms with Crippen molar-refractivity contribution in [2.75, 3.05) is 26.8 Å². The average molecular weight is 638 g/mol. The number of nitrogens with zero attached hydrogens (tertiary/aromatic N) is 2. The molecule has 0 unspecified atom stereocenters. The molecule has 12 nitrogen and oxygen atoms in total. The van der Waals surface area contributed by atoms with Crippen LogP contribution in [0.1, 0.15) is 33.6 Å². The van der Waals surface area contributed by atoms with Crippen molar-refractivity contribution < 1.29 is 28.6 Å². The summed E-state index contributed by atoms with van der Waals surface area (Å²) in [4.78, 5) is 52.7. The minimum absolute atomic E-state index is 0.133. The monoisotopic (exact) mass is 637 g/mol. The molecule has 4 aromatic rings. The Labute approximate surface area is 271 Å². The summed E-state index contributed by atoms with van der Waals surface area (Å²) in [6, 6.07) is 20.6. The number of amides is 3. The van der Waals surface area contributed by atoms with E-state index in [9.17, 15) is 19.2 Å². The van der Waals surface area contributed by atoms with Gasteiger partial charge in [-0.15, -0.1) is 0 Å². The van der Waals surface area contributed by atoms with Crippen molar-refractivity contribution in [3.05, 3.63) is 106 Å². The van der Waals surface area contributed by atoms with Crippen LogP contribution in [0.4, 0.5) is 0 Å². The molecule has 3 aliphatic rings. The van der Waals surface area contributed by atoms with Gasteiger partial charge in [-0.2, -0.15) is 5.10 Å². The van der Waals surface area contributed by atoms with Crippen LogP contribution in [0.25, 0.3) is 11.1 Å². The SMILES string of the molecule is COc1cc2ccc1O[C@H]1CN(C(=O)CCc3ccc(=O)[nH]n3)C[C@@H]1NC(=O)c1ccc(C)c(c1)-c1cccc(c1)OCC(=O)NC2. The molecule has 3 N–H and O–H groups in total. The van der Waals surface area contributed by atoms with Gasteiger partial charge >= 0.3 is 0 Å². The van der Waals surface area contributed by atoms with E-state index in [0.717, 1.165) is 22.3 Å². The number of aromatic nitrogens is 2. The van der Waals surface area contributed by atoms with E-state index in [1.54, 1.807) is 35.2 Å². The van der Waals surface area contributed by atoms with Gasteiger partial charge in [-0.1, -0.05) is 24.3 Å². The Hall–Kier alpha value is -5.65. The zero-order valence-electron chi connectivity index (χ0n) is 26.1. The number of ether oxygens (including phenoxy) is 3. The van der Waals surface area contributed by atoms with E-state index in [1.807, 2.05) is 43.3 Å². The number of fused-ring (bicyclic) bond motifs is 7. The molecule has 0 spiro atoms. The number of benzene rings is 3. The van der Waals surface area contributed by atoms with Crippen LogP contribution < -0.4 is 30.4 Å². The van der Waals surface area contributed by atoms with E-state index in [-0.39, 0.29) is 55.9 Å². The van der Waals surface area contributed by atoms with Crippen LogP contribution in [0.3, 0.4) is 0 Å². The molecule has 1 aromatic heterocycles. The highest BCUT2D eigenvalue weighted by molar-refractivity contribution is 5.96. The lowest BCUT2D eigenvalue weighted by atomic mass is 9.97. The van der Waals surface area contributed by atoms with E-state index in [1.165, 1.54) is 13.2 Å². The van der Waals surface area contributed by atoms with Crippen molar-refractivity contribution in [3.8, 4) is 28.4 Å². The molecular weight excluding hydrogens is 602 g/mol. The van der Waals surface area contributed by atoms with Gasteiger partial charge in [0.15, 0.2) is 18.1 Å². The number of carbonyl (C=O) groups excluding carboxylic acids is 3. The first kappa shape index (κ1) is 31.3. The highest BCUT2D eigenvalue weighted by atomic mass is 16.5. The van der Waals surface area contributed by atoms with Gasteiger partial charge in [0.1, 0.15) is 11.9 Å². The van der Waals surface area contributed by atoms with Crippen molar-refractivity contribution in [3.63, 3.8) is 0 Å². The van der Waals surface area contributed by atoms with Crippen LogP contribution in [0.2, 0.25) is 0 Å². The Bertz CT molecular complexity index is 1850. The zero-order chi connectivity index (χ0) is 32.9. The molecule has 0 saturated carbocycles. The maximum Gasteiger partial charge on any atom is 0.264 e. The third-order valence-electron chi connectivity index (χ3n) is 8.28. The number of H-pyrrole nitrogens is 1. The normalized spacial score (nSPS) is 17.9. The minimum atomic E-state index is -0.585. The van der Waals surface area contributed by atoms with Gasteiger partial charge in [-0.05, 0) is 71.6 Å². The number of rotatable bonds is 4. The third-order valence-corrected chi connectivity index (χ3v) is 8.28. The lowest BCUT2D eigenvalue weighted by Crippen LogP contribution is -2.45. The smallest absolute Gasteiger partial charge is 0.264 e. The van der Waals surface area contributed by atoms with E-state index < -0.39 is 12.1 Å². The first-order valence-corrected chi connectivity index (χ1v) is 15.3. The Morgan fingerprint density at radius 1 is 1.00 bits per heavy atom. The fourth-order valence-electron chi connectivity index (χ4n) is 5.70. The molecule has 3 aliphatic heterocycles. The van der Waals surface area contributed by atoms with Crippen LogP contribution in [0, 0.1) is 6.92 Å². The maximum atomic E-state index is 13.7. The molecule has 1 fully saturated rings. The summed E-state index contributed by atoms with van der Waals surface area (Å²) in [6.45, 7) is 2.51. The van der Waals surface area contributed by atoms with Crippen molar-refractivity contribution in [1.29, 1.82) is 0 Å². The van der Waals surface area contributed by atoms with Crippen molar-refractivity contribution in [2.24, 2.45) is 0 Å². The molecule has 3 aromatic carbocycles. The molecule has 47 heavy (non-hydrogen) atoms. The van der Waals surface area contributed by atoms with Gasteiger partial charge in [0.25, 0.3) is 17.4 Å². The quantitative estimate of drug-likeness (QED) is 0.309. The fraction of sp³-hybridized carbons (Fsp3) is 0.286. The number of likely N-dealkylation sites (tertiary alicyclic amines) is 1. The van der Waals surface area contributed by atoms with Gasteiger partial charge in [-0.3, -0.25) is 19.2 Å². The first-order chi connectivity index (χ1) is 22.7. The topological polar surface area (TPSA) is 152 Å². The molecule has 3 amide bonds. The summed E-state index contributed by atoms with van der Waals surface area (Å²) in [5, 5.41) is 12.4. The minimum Gasteiger partial charge on any atom is -0.493 e. The lowest BCUT2D eigenvalue weighted by molar-refractivity contribution is -0.130. The Morgan fingerprint density at radius 2 is 1.87 bits per heavy atom. The summed E-state index contributed by atoms with van der Waals surface area (Å²) in [7, 11) is 1.52. The Kier molecular flexibility index (Phi) is 9.18. The largest absolute Gasteiger partial charge is 0.493 e. The van der Waals surface area contributed by atoms with E-state index >= 15 is 0 Å². The second-order valence-corrected chi connectivity index (χ2v) is 11.6. The molecule has 7 rings (SSSR count). The summed E-state index contributed by atoms with van der Waals surface area (Å²) in [6.07, 6.45) is -0.0722. The molecular formula is C35H35N5O7. The number of hydrogen-bond donors (Lipinski definition) is 3. The van der Waals surface area contributed by atoms with Gasteiger partial charge in [0, 0.05) is 37.6 Å². The van der Waals surface area contributed by atoms with E-state index in [4.69, 9.17) is 14.2 Å². The van der Waals surface area contributed by atoms with Gasteiger partial charge in [0.05, 0.1) is 25.4 Å². The highest BCUT2D eigenvalue weighted by Crippen LogP contribution is 2.32. The van der Waals surface area contributed by atoms with Crippen LogP contribution in [0.15, 0.2) is 77.6 Å². The number of aryl methyl sites for hydroxylation is 2. The van der Waals surface area contributed by atoms with Crippen molar-refractivity contribution >= 4 is 17.7 Å². The number of aromatic amines is 1. The maximum absolute atomic E-state index is 13.7. The molecule has 1 saturated heterocycles. The van der Waals surface area contributed by atoms with E-state index in [2.05, 4.69) is 20.8 Å². The predicted molar refractivity (Wildman–Crippen MR) is 172 cm³/mol. The van der Waals surface area contributed by atoms with Gasteiger partial charge in [0.2, 0.25) is 5.91 Å². The summed E-state index contributed by atoms with van der Waals surface area (Å²) in [5.41, 5.74) is 4.17. The Morgan fingerprint density at radius 3 is 2.68 bits per heavy atom. The molecule has 242 valence electrons. The van der Waals surface area contributed by atoms with Crippen LogP contribution in [-0.4, -0.2) is 71.8 Å². The molecule has 6 bridgehead atoms. The average Bonchev–Trinajstić information content (AvgIpc) is 3.48. The summed E-state index contributed by atoms with van der Waals surface area (Å²) in [5.74, 6) is 0.686. The second-order valence-electron chi connectivity index (χ2n) is 11.6. The molecule has 12 heteroatoms. The van der Waals surface area contributed by atoms with Crippen LogP contribution >= 0.6 is 0 Å². The number of carbonyl (C=O) groups is 3. The summed E-state index contributed by atoms with van der Waals surface area (Å²) >= 11 is 0. The molecule has 0 aliphatic carbocycles. The first-order valence-electron chi connectivity index (χ1n) is 15.3. The summed E-state index contributed by atoms with van der Waals surface area (Å²) < 4.78 is 17.8. The second kappa shape index (κ2) is 13.8. The fourth-order valence-corrected chi connectivity index (χ4v) is 5.70. The third kappa shape index (κ3) is 7.43. The van der Waals surface area contributed by atoms with Gasteiger partial charge < -0.3 is 29.7 Å². The van der Waals surface area contributed by atoms with Crippen LogP contribution in [-0.2, 0) is 22.6 Å². The van der Waals surface area contributed by atoms with Crippen LogP contribution in [0.5, 0.6) is 17.2 Å². The van der Waals surface area contributed by atoms with E-state index in [0.29, 0.717) is 34.9 Å². The highest BCUT2D eigenvalue weighted by Gasteiger charge is 2.38.